The van der Waals surface area contributed by atoms with Crippen LogP contribution >= 0.6 is 0 Å². The molecule has 1 rings (SSSR count). The van der Waals surface area contributed by atoms with E-state index in [1.54, 1.807) is 7.11 Å². The summed E-state index contributed by atoms with van der Waals surface area (Å²) in [5.74, 6) is 0.552. The molecule has 0 spiro atoms. The van der Waals surface area contributed by atoms with Crippen molar-refractivity contribution in [1.82, 2.24) is 10.2 Å². The Bertz CT molecular complexity index is 240. The zero-order valence-corrected chi connectivity index (χ0v) is 11.7. The first-order valence-electron chi connectivity index (χ1n) is 6.92. The van der Waals surface area contributed by atoms with Gasteiger partial charge in [0.15, 0.2) is 0 Å². The molecule has 1 aliphatic rings. The SMILES string of the molecule is CCN1CCC(CNC(=O)C(N)CCOC)CC1. The summed E-state index contributed by atoms with van der Waals surface area (Å²) in [5, 5.41) is 2.96. The molecule has 0 bridgehead atoms. The Hall–Kier alpha value is -0.650. The van der Waals surface area contributed by atoms with Crippen LogP contribution in [0, 0.1) is 5.92 Å². The molecule has 1 amide bonds. The summed E-state index contributed by atoms with van der Waals surface area (Å²) < 4.78 is 4.92. The molecule has 1 saturated heterocycles. The van der Waals surface area contributed by atoms with Gasteiger partial charge >= 0.3 is 0 Å². The van der Waals surface area contributed by atoms with E-state index in [4.69, 9.17) is 10.5 Å². The van der Waals surface area contributed by atoms with Gasteiger partial charge in [0, 0.05) is 20.3 Å². The van der Waals surface area contributed by atoms with Gasteiger partial charge in [-0.1, -0.05) is 6.92 Å². The van der Waals surface area contributed by atoms with Gasteiger partial charge in [-0.2, -0.15) is 0 Å². The third kappa shape index (κ3) is 5.33. The normalized spacial score (nSPS) is 19.7. The number of ether oxygens (including phenoxy) is 1. The third-order valence-electron chi connectivity index (χ3n) is 3.69. The van der Waals surface area contributed by atoms with Gasteiger partial charge < -0.3 is 20.7 Å². The molecule has 106 valence electrons. The predicted molar refractivity (Wildman–Crippen MR) is 72.3 cm³/mol. The van der Waals surface area contributed by atoms with Gasteiger partial charge in [0.1, 0.15) is 0 Å². The van der Waals surface area contributed by atoms with Crippen molar-refractivity contribution < 1.29 is 9.53 Å². The van der Waals surface area contributed by atoms with Gasteiger partial charge in [0.2, 0.25) is 5.91 Å². The lowest BCUT2D eigenvalue weighted by Crippen LogP contribution is -2.44. The fraction of sp³-hybridized carbons (Fsp3) is 0.923. The molecule has 1 atom stereocenters. The van der Waals surface area contributed by atoms with Crippen molar-refractivity contribution in [2.75, 3.05) is 39.9 Å². The van der Waals surface area contributed by atoms with Crippen molar-refractivity contribution in [3.8, 4) is 0 Å². The number of carbonyl (C=O) groups is 1. The second-order valence-electron chi connectivity index (χ2n) is 5.01. The number of nitrogens with two attached hydrogens (primary N) is 1. The molecule has 0 aromatic rings. The highest BCUT2D eigenvalue weighted by molar-refractivity contribution is 5.81. The number of rotatable bonds is 7. The van der Waals surface area contributed by atoms with Gasteiger partial charge in [-0.3, -0.25) is 4.79 Å². The highest BCUT2D eigenvalue weighted by Gasteiger charge is 2.20. The molecule has 3 N–H and O–H groups in total. The third-order valence-corrected chi connectivity index (χ3v) is 3.69. The summed E-state index contributed by atoms with van der Waals surface area (Å²) in [6.07, 6.45) is 2.92. The van der Waals surface area contributed by atoms with Crippen LogP contribution in [0.1, 0.15) is 26.2 Å². The van der Waals surface area contributed by atoms with Gasteiger partial charge in [-0.25, -0.2) is 0 Å². The fourth-order valence-electron chi connectivity index (χ4n) is 2.26. The largest absolute Gasteiger partial charge is 0.385 e. The standard InChI is InChI=1S/C13H27N3O2/c1-3-16-7-4-11(5-8-16)10-15-13(17)12(14)6-9-18-2/h11-12H,3-10,14H2,1-2H3,(H,15,17). The van der Waals surface area contributed by atoms with Crippen LogP contribution in [0.3, 0.4) is 0 Å². The van der Waals surface area contributed by atoms with Crippen LogP contribution in [-0.2, 0) is 9.53 Å². The fourth-order valence-corrected chi connectivity index (χ4v) is 2.26. The minimum Gasteiger partial charge on any atom is -0.385 e. The minimum atomic E-state index is -0.444. The van der Waals surface area contributed by atoms with Crippen molar-refractivity contribution in [2.24, 2.45) is 11.7 Å². The number of piperidine rings is 1. The number of likely N-dealkylation sites (tertiary alicyclic amines) is 1. The maximum Gasteiger partial charge on any atom is 0.237 e. The molecule has 5 heteroatoms. The van der Waals surface area contributed by atoms with E-state index in [0.29, 0.717) is 18.9 Å². The zero-order valence-electron chi connectivity index (χ0n) is 11.7. The second-order valence-corrected chi connectivity index (χ2v) is 5.01. The molecule has 0 aliphatic carbocycles. The first-order chi connectivity index (χ1) is 8.67. The first-order valence-corrected chi connectivity index (χ1v) is 6.92. The van der Waals surface area contributed by atoms with Crippen LogP contribution in [0.4, 0.5) is 0 Å². The summed E-state index contributed by atoms with van der Waals surface area (Å²) in [6.45, 7) is 6.90. The number of nitrogens with zero attached hydrogens (tertiary/aromatic N) is 1. The number of amides is 1. The molecule has 0 radical (unpaired) electrons. The van der Waals surface area contributed by atoms with Crippen molar-refractivity contribution >= 4 is 5.91 Å². The van der Waals surface area contributed by atoms with E-state index in [1.807, 2.05) is 0 Å². The Morgan fingerprint density at radius 1 is 1.50 bits per heavy atom. The van der Waals surface area contributed by atoms with Crippen molar-refractivity contribution in [3.05, 3.63) is 0 Å². The van der Waals surface area contributed by atoms with E-state index < -0.39 is 6.04 Å². The molecular formula is C13H27N3O2. The maximum absolute atomic E-state index is 11.7. The molecule has 0 aromatic heterocycles. The summed E-state index contributed by atoms with van der Waals surface area (Å²) in [4.78, 5) is 14.2. The Kier molecular flexibility index (Phi) is 7.23. The number of nitrogens with one attached hydrogen (secondary N) is 1. The predicted octanol–water partition coefficient (Wildman–Crippen LogP) is 0.198. The van der Waals surface area contributed by atoms with E-state index in [1.165, 1.54) is 12.8 Å². The summed E-state index contributed by atoms with van der Waals surface area (Å²) in [6, 6.07) is -0.444. The molecule has 1 unspecified atom stereocenters. The van der Waals surface area contributed by atoms with E-state index >= 15 is 0 Å². The van der Waals surface area contributed by atoms with Gasteiger partial charge in [-0.05, 0) is 44.8 Å². The second kappa shape index (κ2) is 8.45. The Labute approximate surface area is 110 Å². The quantitative estimate of drug-likeness (QED) is 0.683. The van der Waals surface area contributed by atoms with Gasteiger partial charge in [-0.15, -0.1) is 0 Å². The Morgan fingerprint density at radius 3 is 2.72 bits per heavy atom. The van der Waals surface area contributed by atoms with E-state index in [9.17, 15) is 4.79 Å². The van der Waals surface area contributed by atoms with Crippen LogP contribution in [0.2, 0.25) is 0 Å². The molecular weight excluding hydrogens is 230 g/mol. The van der Waals surface area contributed by atoms with Crippen LogP contribution in [-0.4, -0.2) is 56.7 Å². The molecule has 18 heavy (non-hydrogen) atoms. The highest BCUT2D eigenvalue weighted by Crippen LogP contribution is 2.15. The number of hydrogen-bond acceptors (Lipinski definition) is 4. The molecule has 1 heterocycles. The topological polar surface area (TPSA) is 67.6 Å². The average molecular weight is 257 g/mol. The van der Waals surface area contributed by atoms with Crippen molar-refractivity contribution in [1.29, 1.82) is 0 Å². The molecule has 0 saturated carbocycles. The summed E-state index contributed by atoms with van der Waals surface area (Å²) in [7, 11) is 1.62. The Morgan fingerprint density at radius 2 is 2.17 bits per heavy atom. The highest BCUT2D eigenvalue weighted by atomic mass is 16.5. The summed E-state index contributed by atoms with van der Waals surface area (Å²) >= 11 is 0. The number of carbonyl (C=O) groups excluding carboxylic acids is 1. The van der Waals surface area contributed by atoms with E-state index in [0.717, 1.165) is 26.2 Å². The van der Waals surface area contributed by atoms with E-state index in [-0.39, 0.29) is 5.91 Å². The zero-order chi connectivity index (χ0) is 13.4. The summed E-state index contributed by atoms with van der Waals surface area (Å²) in [5.41, 5.74) is 5.76. The number of hydrogen-bond donors (Lipinski definition) is 2. The van der Waals surface area contributed by atoms with Crippen molar-refractivity contribution in [2.45, 2.75) is 32.2 Å². The van der Waals surface area contributed by atoms with Gasteiger partial charge in [0.25, 0.3) is 0 Å². The first kappa shape index (κ1) is 15.4. The van der Waals surface area contributed by atoms with Crippen LogP contribution in [0.15, 0.2) is 0 Å². The molecule has 1 aliphatic heterocycles. The molecule has 0 aromatic carbocycles. The van der Waals surface area contributed by atoms with Gasteiger partial charge in [0.05, 0.1) is 6.04 Å². The number of methoxy groups -OCH3 is 1. The minimum absolute atomic E-state index is 0.0510. The van der Waals surface area contributed by atoms with Crippen LogP contribution in [0.25, 0.3) is 0 Å². The monoisotopic (exact) mass is 257 g/mol. The molecule has 5 nitrogen and oxygen atoms in total. The van der Waals surface area contributed by atoms with Crippen LogP contribution in [0.5, 0.6) is 0 Å². The lowest BCUT2D eigenvalue weighted by Gasteiger charge is -2.31. The maximum atomic E-state index is 11.7. The molecule has 1 fully saturated rings. The lowest BCUT2D eigenvalue weighted by atomic mass is 9.96. The van der Waals surface area contributed by atoms with Crippen molar-refractivity contribution in [3.63, 3.8) is 0 Å². The lowest BCUT2D eigenvalue weighted by molar-refractivity contribution is -0.123. The smallest absolute Gasteiger partial charge is 0.237 e. The average Bonchev–Trinajstić information content (AvgIpc) is 2.42. The Balaban J connectivity index is 2.15. The van der Waals surface area contributed by atoms with E-state index in [2.05, 4.69) is 17.1 Å². The van der Waals surface area contributed by atoms with Crippen LogP contribution < -0.4 is 11.1 Å².